The fourth-order valence-electron chi connectivity index (χ4n) is 1.48. The molecule has 4 N–H and O–H groups in total. The van der Waals surface area contributed by atoms with Crippen molar-refractivity contribution in [2.24, 2.45) is 11.5 Å². The fraction of sp³-hybridized carbons (Fsp3) is 0.417. The highest BCUT2D eigenvalue weighted by atomic mass is 19.2. The van der Waals surface area contributed by atoms with Gasteiger partial charge in [-0.1, -0.05) is 6.42 Å². The summed E-state index contributed by atoms with van der Waals surface area (Å²) in [5.41, 5.74) is 10.6. The molecule has 1 atom stereocenters. The molecule has 1 unspecified atom stereocenters. The summed E-state index contributed by atoms with van der Waals surface area (Å²) in [7, 11) is 0. The average Bonchev–Trinajstić information content (AvgIpc) is 2.47. The lowest BCUT2D eigenvalue weighted by molar-refractivity contribution is -0.136. The van der Waals surface area contributed by atoms with Crippen LogP contribution in [0, 0.1) is 29.1 Å². The summed E-state index contributed by atoms with van der Waals surface area (Å²) in [6.45, 7) is 0.361. The molecule has 0 saturated carbocycles. The first kappa shape index (κ1) is 17.3. The second-order valence-electron chi connectivity index (χ2n) is 4.21. The summed E-state index contributed by atoms with van der Waals surface area (Å²) in [6.07, 6.45) is 1.11. The third-order valence-electron chi connectivity index (χ3n) is 2.64. The van der Waals surface area contributed by atoms with E-state index in [1.807, 2.05) is 0 Å². The molecule has 1 rings (SSSR count). The summed E-state index contributed by atoms with van der Waals surface area (Å²) >= 11 is 0. The van der Waals surface area contributed by atoms with Gasteiger partial charge in [-0.15, -0.1) is 0 Å². The maximum absolute atomic E-state index is 13.3. The Morgan fingerprint density at radius 2 is 1.43 bits per heavy atom. The molecular weight excluding hydrogens is 299 g/mol. The molecule has 0 aliphatic heterocycles. The number of nitrogens with two attached hydrogens (primary N) is 2. The van der Waals surface area contributed by atoms with Gasteiger partial charge in [0.15, 0.2) is 0 Å². The smallest absolute Gasteiger partial charge is 0.328 e. The molecule has 118 valence electrons. The Morgan fingerprint density at radius 3 is 1.90 bits per heavy atom. The van der Waals surface area contributed by atoms with E-state index in [0.29, 0.717) is 19.4 Å². The number of carbonyl (C=O) groups is 1. The molecule has 0 bridgehead atoms. The second-order valence-corrected chi connectivity index (χ2v) is 4.21. The molecule has 1 aromatic rings. The van der Waals surface area contributed by atoms with Crippen molar-refractivity contribution in [1.82, 2.24) is 0 Å². The van der Waals surface area contributed by atoms with Crippen molar-refractivity contribution in [3.05, 3.63) is 29.1 Å². The van der Waals surface area contributed by atoms with Crippen molar-refractivity contribution in [3.8, 4) is 5.75 Å². The molecule has 4 nitrogen and oxygen atoms in total. The molecule has 0 fully saturated rings. The van der Waals surface area contributed by atoms with E-state index in [4.69, 9.17) is 11.5 Å². The van der Waals surface area contributed by atoms with Crippen LogP contribution in [-0.4, -0.2) is 18.6 Å². The summed E-state index contributed by atoms with van der Waals surface area (Å²) in [5, 5.41) is 0. The number of carbonyl (C=O) groups excluding carboxylic acids is 1. The van der Waals surface area contributed by atoms with Gasteiger partial charge in [-0.2, -0.15) is 8.78 Å². The Hall–Kier alpha value is -1.74. The SMILES string of the molecule is NCCCCC(N)C(=O)Oc1c(F)c(F)c(F)c(F)c1F. The van der Waals surface area contributed by atoms with Gasteiger partial charge < -0.3 is 16.2 Å². The first-order valence-corrected chi connectivity index (χ1v) is 6.00. The van der Waals surface area contributed by atoms with Crippen molar-refractivity contribution in [2.45, 2.75) is 25.3 Å². The van der Waals surface area contributed by atoms with Gasteiger partial charge in [0.05, 0.1) is 0 Å². The number of rotatable bonds is 6. The van der Waals surface area contributed by atoms with Crippen LogP contribution in [0.4, 0.5) is 22.0 Å². The Morgan fingerprint density at radius 1 is 0.952 bits per heavy atom. The Bertz CT molecular complexity index is 510. The van der Waals surface area contributed by atoms with E-state index in [0.717, 1.165) is 0 Å². The molecule has 0 heterocycles. The summed E-state index contributed by atoms with van der Waals surface area (Å²) in [6, 6.07) is -1.26. The molecule has 9 heteroatoms. The van der Waals surface area contributed by atoms with Crippen LogP contribution in [0.15, 0.2) is 0 Å². The van der Waals surface area contributed by atoms with E-state index in [9.17, 15) is 26.7 Å². The zero-order valence-electron chi connectivity index (χ0n) is 10.8. The molecular formula is C12H13F5N2O2. The average molecular weight is 312 g/mol. The first-order valence-electron chi connectivity index (χ1n) is 6.00. The van der Waals surface area contributed by atoms with Crippen LogP contribution in [0.5, 0.6) is 5.75 Å². The summed E-state index contributed by atoms with van der Waals surface area (Å²) in [5.74, 6) is -14.2. The molecule has 0 radical (unpaired) electrons. The maximum atomic E-state index is 13.3. The topological polar surface area (TPSA) is 78.3 Å². The van der Waals surface area contributed by atoms with Crippen LogP contribution in [0.3, 0.4) is 0 Å². The number of hydrogen-bond acceptors (Lipinski definition) is 4. The quantitative estimate of drug-likeness (QED) is 0.209. The molecule has 0 saturated heterocycles. The van der Waals surface area contributed by atoms with Crippen LogP contribution in [0.2, 0.25) is 0 Å². The summed E-state index contributed by atoms with van der Waals surface area (Å²) in [4.78, 5) is 11.5. The van der Waals surface area contributed by atoms with E-state index in [2.05, 4.69) is 4.74 Å². The zero-order chi connectivity index (χ0) is 16.2. The van der Waals surface area contributed by atoms with E-state index in [1.165, 1.54) is 0 Å². The third-order valence-corrected chi connectivity index (χ3v) is 2.64. The molecule has 0 spiro atoms. The lowest BCUT2D eigenvalue weighted by atomic mass is 10.1. The fourth-order valence-corrected chi connectivity index (χ4v) is 1.48. The molecule has 0 aliphatic rings. The predicted octanol–water partition coefficient (Wildman–Crippen LogP) is 1.74. The van der Waals surface area contributed by atoms with Crippen molar-refractivity contribution >= 4 is 5.97 Å². The van der Waals surface area contributed by atoms with Gasteiger partial charge in [0.2, 0.25) is 34.8 Å². The van der Waals surface area contributed by atoms with Crippen molar-refractivity contribution in [1.29, 1.82) is 0 Å². The number of halogens is 5. The first-order chi connectivity index (χ1) is 9.81. The Balaban J connectivity index is 2.91. The standard InChI is InChI=1S/C12H13F5N2O2/c13-6-7(14)9(16)11(10(17)8(6)15)21-12(20)5(19)3-1-2-4-18/h5H,1-4,18-19H2. The minimum atomic E-state index is -2.34. The maximum Gasteiger partial charge on any atom is 0.328 e. The highest BCUT2D eigenvalue weighted by Crippen LogP contribution is 2.29. The normalized spacial score (nSPS) is 12.3. The minimum Gasteiger partial charge on any atom is -0.419 e. The largest absolute Gasteiger partial charge is 0.419 e. The van der Waals surface area contributed by atoms with E-state index in [-0.39, 0.29) is 6.42 Å². The second kappa shape index (κ2) is 7.32. The van der Waals surface area contributed by atoms with Gasteiger partial charge in [-0.3, -0.25) is 0 Å². The number of unbranched alkanes of at least 4 members (excludes halogenated alkanes) is 1. The highest BCUT2D eigenvalue weighted by Gasteiger charge is 2.29. The van der Waals surface area contributed by atoms with E-state index >= 15 is 0 Å². The molecule has 0 aliphatic carbocycles. The van der Waals surface area contributed by atoms with Crippen molar-refractivity contribution in [3.63, 3.8) is 0 Å². The monoisotopic (exact) mass is 312 g/mol. The van der Waals surface area contributed by atoms with E-state index < -0.39 is 46.8 Å². The highest BCUT2D eigenvalue weighted by molar-refractivity contribution is 5.78. The van der Waals surface area contributed by atoms with Crippen LogP contribution >= 0.6 is 0 Å². The van der Waals surface area contributed by atoms with E-state index in [1.54, 1.807) is 0 Å². The number of hydrogen-bond donors (Lipinski definition) is 2. The predicted molar refractivity (Wildman–Crippen MR) is 62.7 cm³/mol. The lowest BCUT2D eigenvalue weighted by Gasteiger charge is -2.12. The number of benzene rings is 1. The van der Waals surface area contributed by atoms with Crippen LogP contribution < -0.4 is 16.2 Å². The molecule has 21 heavy (non-hydrogen) atoms. The summed E-state index contributed by atoms with van der Waals surface area (Å²) < 4.78 is 69.4. The van der Waals surface area contributed by atoms with Gasteiger partial charge in [0, 0.05) is 0 Å². The minimum absolute atomic E-state index is 0.103. The van der Waals surface area contributed by atoms with Crippen molar-refractivity contribution < 1.29 is 31.5 Å². The lowest BCUT2D eigenvalue weighted by Crippen LogP contribution is -2.34. The third kappa shape index (κ3) is 3.88. The number of ether oxygens (including phenoxy) is 1. The van der Waals surface area contributed by atoms with Gasteiger partial charge in [-0.05, 0) is 19.4 Å². The van der Waals surface area contributed by atoms with Crippen LogP contribution in [-0.2, 0) is 4.79 Å². The van der Waals surface area contributed by atoms with Crippen molar-refractivity contribution in [2.75, 3.05) is 6.54 Å². The molecule has 0 amide bonds. The van der Waals surface area contributed by atoms with Gasteiger partial charge in [0.1, 0.15) is 6.04 Å². The Labute approximate surface area is 116 Å². The van der Waals surface area contributed by atoms with Crippen LogP contribution in [0.1, 0.15) is 19.3 Å². The van der Waals surface area contributed by atoms with Gasteiger partial charge >= 0.3 is 5.97 Å². The zero-order valence-corrected chi connectivity index (χ0v) is 10.8. The molecule has 0 aromatic heterocycles. The van der Waals surface area contributed by atoms with Gasteiger partial charge in [0.25, 0.3) is 0 Å². The Kier molecular flexibility index (Phi) is 6.03. The molecule has 1 aromatic carbocycles. The number of esters is 1. The van der Waals surface area contributed by atoms with Gasteiger partial charge in [-0.25, -0.2) is 18.0 Å². The van der Waals surface area contributed by atoms with Crippen LogP contribution in [0.25, 0.3) is 0 Å².